The largest absolute Gasteiger partial charge is 0.459 e. The highest BCUT2D eigenvalue weighted by Crippen LogP contribution is 2.70. The van der Waals surface area contributed by atoms with E-state index in [-0.39, 0.29) is 29.6 Å². The average Bonchev–Trinajstić information content (AvgIpc) is 3.54. The Morgan fingerprint density at radius 2 is 1.48 bits per heavy atom. The fourth-order valence-corrected chi connectivity index (χ4v) is 11.2. The van der Waals surface area contributed by atoms with E-state index in [0.717, 1.165) is 37.0 Å². The van der Waals surface area contributed by atoms with Crippen molar-refractivity contribution >= 4 is 11.9 Å². The molecule has 0 spiro atoms. The molecule has 0 heterocycles. The van der Waals surface area contributed by atoms with E-state index >= 15 is 0 Å². The van der Waals surface area contributed by atoms with Crippen LogP contribution in [0.15, 0.2) is 12.2 Å². The maximum Gasteiger partial charge on any atom is 0.333 e. The first-order valence-corrected chi connectivity index (χ1v) is 14.0. The van der Waals surface area contributed by atoms with E-state index in [2.05, 4.69) is 13.5 Å². The molecule has 4 nitrogen and oxygen atoms in total. The van der Waals surface area contributed by atoms with Gasteiger partial charge in [-0.25, -0.2) is 4.79 Å². The van der Waals surface area contributed by atoms with Gasteiger partial charge in [0.05, 0.1) is 5.92 Å². The maximum absolute atomic E-state index is 13.8. The van der Waals surface area contributed by atoms with Crippen molar-refractivity contribution in [3.63, 3.8) is 0 Å². The van der Waals surface area contributed by atoms with Crippen LogP contribution in [0.2, 0.25) is 0 Å². The zero-order chi connectivity index (χ0) is 22.6. The third-order valence-electron chi connectivity index (χ3n) is 12.0. The first kappa shape index (κ1) is 21.0. The number of rotatable bonds is 5. The topological polar surface area (TPSA) is 52.6 Å². The molecule has 0 aliphatic heterocycles. The summed E-state index contributed by atoms with van der Waals surface area (Å²) in [5.74, 6) is 6.51. The summed E-state index contributed by atoms with van der Waals surface area (Å²) in [6.45, 7) is 7.76. The molecule has 0 aromatic rings. The van der Waals surface area contributed by atoms with Gasteiger partial charge in [0.1, 0.15) is 11.7 Å². The van der Waals surface area contributed by atoms with Crippen LogP contribution in [-0.2, 0) is 19.1 Å². The summed E-state index contributed by atoms with van der Waals surface area (Å²) in [7, 11) is 0. The summed E-state index contributed by atoms with van der Waals surface area (Å²) in [6.07, 6.45) is 12.0. The Balaban J connectivity index is 1.09. The molecular formula is C29H40O4. The minimum atomic E-state index is -0.241. The van der Waals surface area contributed by atoms with Crippen molar-refractivity contribution in [2.45, 2.75) is 89.8 Å². The number of esters is 2. The summed E-state index contributed by atoms with van der Waals surface area (Å²) >= 11 is 0. The number of hydrogen-bond donors (Lipinski definition) is 0. The highest BCUT2D eigenvalue weighted by atomic mass is 16.6. The molecule has 0 radical (unpaired) electrons. The van der Waals surface area contributed by atoms with Crippen LogP contribution in [0.4, 0.5) is 0 Å². The second-order valence-corrected chi connectivity index (χ2v) is 13.3. The Morgan fingerprint density at radius 3 is 2.12 bits per heavy atom. The van der Waals surface area contributed by atoms with Gasteiger partial charge in [-0.05, 0) is 130 Å². The fraction of sp³-hybridized carbons (Fsp3) is 0.862. The Kier molecular flexibility index (Phi) is 4.52. The summed E-state index contributed by atoms with van der Waals surface area (Å²) in [4.78, 5) is 26.0. The molecular weight excluding hydrogens is 412 g/mol. The number of carbonyl (C=O) groups excluding carboxylic acids is 2. The van der Waals surface area contributed by atoms with E-state index in [1.807, 2.05) is 0 Å². The third-order valence-corrected chi connectivity index (χ3v) is 12.0. The minimum Gasteiger partial charge on any atom is -0.459 e. The molecule has 8 aliphatic carbocycles. The van der Waals surface area contributed by atoms with Crippen LogP contribution >= 0.6 is 0 Å². The molecule has 33 heavy (non-hydrogen) atoms. The van der Waals surface area contributed by atoms with E-state index in [9.17, 15) is 9.59 Å². The standard InChI is InChI=1S/C29H40O4/c1-4-29(19-6-15-5-16(8-19)9-20(29)7-15)33-28(31)22-11-17-10-21(22)26-23-12-18(25(17)26)13-24(23)32-27(30)14(2)3/h15-26H,2,4-13H2,1,3H3. The summed E-state index contributed by atoms with van der Waals surface area (Å²) in [5.41, 5.74) is 0.309. The monoisotopic (exact) mass is 452 g/mol. The SMILES string of the molecule is C=C(C)C(=O)OC1CC2CC1C1C3CC(CC3C(=O)OC3(CC)C4CC5CC(C4)CC3C5)C21. The van der Waals surface area contributed by atoms with Gasteiger partial charge in [0.2, 0.25) is 0 Å². The third kappa shape index (κ3) is 2.82. The number of carbonyl (C=O) groups is 2. The highest BCUT2D eigenvalue weighted by molar-refractivity contribution is 5.87. The Morgan fingerprint density at radius 1 is 0.848 bits per heavy atom. The van der Waals surface area contributed by atoms with Crippen molar-refractivity contribution in [1.29, 1.82) is 0 Å². The number of fused-ring (bicyclic) bond motifs is 9. The molecule has 0 aromatic heterocycles. The molecule has 8 unspecified atom stereocenters. The van der Waals surface area contributed by atoms with Gasteiger partial charge in [-0.3, -0.25) is 4.79 Å². The molecule has 8 rings (SSSR count). The van der Waals surface area contributed by atoms with Gasteiger partial charge < -0.3 is 9.47 Å². The summed E-state index contributed by atoms with van der Waals surface area (Å²) < 4.78 is 12.6. The van der Waals surface area contributed by atoms with Crippen molar-refractivity contribution in [2.75, 3.05) is 0 Å². The molecule has 4 heteroatoms. The molecule has 0 N–H and O–H groups in total. The molecule has 8 saturated carbocycles. The smallest absolute Gasteiger partial charge is 0.333 e. The van der Waals surface area contributed by atoms with Crippen LogP contribution in [0.3, 0.4) is 0 Å². The molecule has 8 aliphatic rings. The zero-order valence-corrected chi connectivity index (χ0v) is 20.3. The van der Waals surface area contributed by atoms with Gasteiger partial charge in [0.25, 0.3) is 0 Å². The van der Waals surface area contributed by atoms with Gasteiger partial charge in [-0.1, -0.05) is 13.5 Å². The van der Waals surface area contributed by atoms with E-state index in [1.54, 1.807) is 6.92 Å². The van der Waals surface area contributed by atoms with Crippen LogP contribution < -0.4 is 0 Å². The first-order chi connectivity index (χ1) is 15.9. The van der Waals surface area contributed by atoms with Crippen molar-refractivity contribution in [1.82, 2.24) is 0 Å². The van der Waals surface area contributed by atoms with Crippen molar-refractivity contribution in [3.05, 3.63) is 12.2 Å². The molecule has 180 valence electrons. The van der Waals surface area contributed by atoms with Crippen LogP contribution in [0.25, 0.3) is 0 Å². The Hall–Kier alpha value is -1.32. The fourth-order valence-electron chi connectivity index (χ4n) is 11.2. The van der Waals surface area contributed by atoms with Crippen LogP contribution in [0.1, 0.15) is 78.1 Å². The number of ether oxygens (including phenoxy) is 2. The van der Waals surface area contributed by atoms with Crippen LogP contribution in [0, 0.1) is 65.1 Å². The van der Waals surface area contributed by atoms with Crippen molar-refractivity contribution in [3.8, 4) is 0 Å². The summed E-state index contributed by atoms with van der Waals surface area (Å²) in [6, 6.07) is 0. The normalized spacial score (nSPS) is 54.5. The van der Waals surface area contributed by atoms with E-state index < -0.39 is 0 Å². The van der Waals surface area contributed by atoms with E-state index in [4.69, 9.17) is 9.47 Å². The second-order valence-electron chi connectivity index (χ2n) is 13.3. The van der Waals surface area contributed by atoms with Crippen LogP contribution in [-0.4, -0.2) is 23.6 Å². The lowest BCUT2D eigenvalue weighted by Crippen LogP contribution is -2.60. The lowest BCUT2D eigenvalue weighted by Gasteiger charge is -2.60. The van der Waals surface area contributed by atoms with Gasteiger partial charge in [0.15, 0.2) is 0 Å². The molecule has 0 aromatic carbocycles. The van der Waals surface area contributed by atoms with Gasteiger partial charge in [0, 0.05) is 5.57 Å². The molecule has 8 bridgehead atoms. The molecule has 8 fully saturated rings. The molecule has 8 atom stereocenters. The highest BCUT2D eigenvalue weighted by Gasteiger charge is 2.67. The first-order valence-electron chi connectivity index (χ1n) is 14.0. The Labute approximate surface area is 198 Å². The lowest BCUT2D eigenvalue weighted by atomic mass is 9.49. The van der Waals surface area contributed by atoms with E-state index in [0.29, 0.717) is 47.0 Å². The molecule has 0 amide bonds. The quantitative estimate of drug-likeness (QED) is 0.312. The average molecular weight is 453 g/mol. The predicted molar refractivity (Wildman–Crippen MR) is 124 cm³/mol. The van der Waals surface area contributed by atoms with Crippen LogP contribution in [0.5, 0.6) is 0 Å². The summed E-state index contributed by atoms with van der Waals surface area (Å²) in [5, 5.41) is 0. The van der Waals surface area contributed by atoms with Gasteiger partial charge in [-0.15, -0.1) is 0 Å². The lowest BCUT2D eigenvalue weighted by molar-refractivity contribution is -0.216. The van der Waals surface area contributed by atoms with Crippen molar-refractivity contribution in [2.24, 2.45) is 65.1 Å². The van der Waals surface area contributed by atoms with Crippen molar-refractivity contribution < 1.29 is 19.1 Å². The zero-order valence-electron chi connectivity index (χ0n) is 20.3. The second kappa shape index (κ2) is 7.10. The minimum absolute atomic E-state index is 0.0304. The maximum atomic E-state index is 13.8. The predicted octanol–water partition coefficient (Wildman–Crippen LogP) is 5.55. The Bertz CT molecular complexity index is 862. The van der Waals surface area contributed by atoms with E-state index in [1.165, 1.54) is 44.9 Å². The van der Waals surface area contributed by atoms with Gasteiger partial charge in [-0.2, -0.15) is 0 Å². The molecule has 0 saturated heterocycles. The number of hydrogen-bond acceptors (Lipinski definition) is 4. The van der Waals surface area contributed by atoms with Gasteiger partial charge >= 0.3 is 11.9 Å².